The van der Waals surface area contributed by atoms with Crippen LogP contribution < -0.4 is 10.1 Å². The number of alkyl halides is 3. The Morgan fingerprint density at radius 2 is 2.04 bits per heavy atom. The molecule has 8 heteroatoms. The lowest BCUT2D eigenvalue weighted by atomic mass is 10.2. The van der Waals surface area contributed by atoms with Crippen LogP contribution in [0.3, 0.4) is 0 Å². The third-order valence-corrected chi connectivity index (χ3v) is 3.00. The maximum atomic E-state index is 12.4. The van der Waals surface area contributed by atoms with Gasteiger partial charge in [-0.25, -0.2) is 0 Å². The van der Waals surface area contributed by atoms with Crippen molar-refractivity contribution in [3.63, 3.8) is 0 Å². The van der Waals surface area contributed by atoms with E-state index >= 15 is 0 Å². The molecule has 134 valence electrons. The van der Waals surface area contributed by atoms with Crippen molar-refractivity contribution in [3.05, 3.63) is 42.5 Å². The Balaban J connectivity index is 2.36. The number of hydrogen-bond acceptors (Lipinski definition) is 4. The Bertz CT molecular complexity index is 532. The number of hydrogen-bond donors (Lipinski definition) is 2. The van der Waals surface area contributed by atoms with Crippen molar-refractivity contribution < 1.29 is 27.8 Å². The molecule has 2 N–H and O–H groups in total. The highest BCUT2D eigenvalue weighted by atomic mass is 19.4. The molecular formula is C16H21F3N2O3. The lowest BCUT2D eigenvalue weighted by Crippen LogP contribution is -2.40. The average Bonchev–Trinajstić information content (AvgIpc) is 2.50. The van der Waals surface area contributed by atoms with Crippen molar-refractivity contribution in [1.82, 2.24) is 10.2 Å². The lowest BCUT2D eigenvalue weighted by Gasteiger charge is -2.20. The van der Waals surface area contributed by atoms with E-state index in [2.05, 4.69) is 11.9 Å². The van der Waals surface area contributed by atoms with Crippen molar-refractivity contribution in [2.75, 3.05) is 33.3 Å². The monoisotopic (exact) mass is 346 g/mol. The minimum atomic E-state index is -4.40. The van der Waals surface area contributed by atoms with E-state index < -0.39 is 17.8 Å². The summed E-state index contributed by atoms with van der Waals surface area (Å²) >= 11 is 0. The zero-order valence-electron chi connectivity index (χ0n) is 13.3. The molecule has 0 radical (unpaired) electrons. The zero-order valence-corrected chi connectivity index (χ0v) is 13.3. The summed E-state index contributed by atoms with van der Waals surface area (Å²) in [5.74, 6) is 0.0293. The molecule has 1 aromatic rings. The summed E-state index contributed by atoms with van der Waals surface area (Å²) in [6.07, 6.45) is -3.72. The largest absolute Gasteiger partial charge is 0.491 e. The van der Waals surface area contributed by atoms with Crippen LogP contribution in [0.5, 0.6) is 5.75 Å². The standard InChI is InChI=1S/C16H21F3N2O3/c1-3-8-20-15(23)10-21(2)9-13(22)11-24-14-6-4-12(5-7-14)16(17,18)19/h3-7,13,22H,1,8-11H2,2H3,(H,20,23). The number of carbonyl (C=O) groups is 1. The molecule has 24 heavy (non-hydrogen) atoms. The Morgan fingerprint density at radius 3 is 2.58 bits per heavy atom. The van der Waals surface area contributed by atoms with E-state index in [1.54, 1.807) is 18.0 Å². The molecule has 1 unspecified atom stereocenters. The van der Waals surface area contributed by atoms with Crippen molar-refractivity contribution in [1.29, 1.82) is 0 Å². The third kappa shape index (κ3) is 7.47. The fraction of sp³-hybridized carbons (Fsp3) is 0.438. The van der Waals surface area contributed by atoms with Gasteiger partial charge in [-0.3, -0.25) is 9.69 Å². The fourth-order valence-corrected chi connectivity index (χ4v) is 1.90. The van der Waals surface area contributed by atoms with Crippen molar-refractivity contribution in [2.24, 2.45) is 0 Å². The first kappa shape index (κ1) is 20.0. The van der Waals surface area contributed by atoms with Gasteiger partial charge >= 0.3 is 6.18 Å². The number of ether oxygens (including phenoxy) is 1. The Hall–Kier alpha value is -2.06. The maximum Gasteiger partial charge on any atom is 0.416 e. The summed E-state index contributed by atoms with van der Waals surface area (Å²) < 4.78 is 42.6. The van der Waals surface area contributed by atoms with Crippen LogP contribution in [0.1, 0.15) is 5.56 Å². The van der Waals surface area contributed by atoms with Crippen LogP contribution in [0, 0.1) is 0 Å². The van der Waals surface area contributed by atoms with Crippen LogP contribution in [0.4, 0.5) is 13.2 Å². The molecule has 1 aromatic carbocycles. The van der Waals surface area contributed by atoms with Crippen LogP contribution >= 0.6 is 0 Å². The van der Waals surface area contributed by atoms with Crippen LogP contribution in [0.15, 0.2) is 36.9 Å². The highest BCUT2D eigenvalue weighted by Gasteiger charge is 2.30. The summed E-state index contributed by atoms with van der Waals surface area (Å²) in [5.41, 5.74) is -0.763. The molecule has 0 saturated heterocycles. The summed E-state index contributed by atoms with van der Waals surface area (Å²) in [7, 11) is 1.66. The van der Waals surface area contributed by atoms with E-state index in [0.29, 0.717) is 6.54 Å². The van der Waals surface area contributed by atoms with Gasteiger partial charge < -0.3 is 15.2 Å². The van der Waals surface area contributed by atoms with Gasteiger partial charge in [0, 0.05) is 13.1 Å². The second-order valence-electron chi connectivity index (χ2n) is 5.28. The number of rotatable bonds is 9. The normalized spacial score (nSPS) is 12.8. The number of nitrogens with zero attached hydrogens (tertiary/aromatic N) is 1. The van der Waals surface area contributed by atoms with Gasteiger partial charge in [-0.15, -0.1) is 6.58 Å². The molecule has 0 aliphatic rings. The number of aliphatic hydroxyl groups is 1. The van der Waals surface area contributed by atoms with E-state index in [4.69, 9.17) is 4.74 Å². The van der Waals surface area contributed by atoms with Crippen LogP contribution in [0.25, 0.3) is 0 Å². The van der Waals surface area contributed by atoms with Crippen LogP contribution in [0.2, 0.25) is 0 Å². The summed E-state index contributed by atoms with van der Waals surface area (Å²) in [5, 5.41) is 12.5. The molecule has 1 atom stereocenters. The highest BCUT2D eigenvalue weighted by Crippen LogP contribution is 2.30. The highest BCUT2D eigenvalue weighted by molar-refractivity contribution is 5.78. The SMILES string of the molecule is C=CCNC(=O)CN(C)CC(O)COc1ccc(C(F)(F)F)cc1. The van der Waals surface area contributed by atoms with E-state index in [-0.39, 0.29) is 31.4 Å². The summed E-state index contributed by atoms with van der Waals surface area (Å²) in [4.78, 5) is 13.1. The minimum Gasteiger partial charge on any atom is -0.491 e. The molecule has 5 nitrogen and oxygen atoms in total. The molecule has 0 fully saturated rings. The molecule has 0 aromatic heterocycles. The van der Waals surface area contributed by atoms with Crippen LogP contribution in [-0.4, -0.2) is 55.3 Å². The average molecular weight is 346 g/mol. The number of aliphatic hydroxyl groups excluding tert-OH is 1. The number of halogens is 3. The smallest absolute Gasteiger partial charge is 0.416 e. The van der Waals surface area contributed by atoms with Crippen LogP contribution in [-0.2, 0) is 11.0 Å². The van der Waals surface area contributed by atoms with Gasteiger partial charge in [-0.05, 0) is 31.3 Å². The predicted molar refractivity (Wildman–Crippen MR) is 83.6 cm³/mol. The Labute approximate surface area is 138 Å². The topological polar surface area (TPSA) is 61.8 Å². The van der Waals surface area contributed by atoms with Gasteiger partial charge in [0.05, 0.1) is 12.1 Å². The number of benzene rings is 1. The molecule has 1 rings (SSSR count). The fourth-order valence-electron chi connectivity index (χ4n) is 1.90. The van der Waals surface area contributed by atoms with Gasteiger partial charge in [0.25, 0.3) is 0 Å². The number of amides is 1. The first-order valence-corrected chi connectivity index (χ1v) is 7.26. The summed E-state index contributed by atoms with van der Waals surface area (Å²) in [6, 6.07) is 4.22. The minimum absolute atomic E-state index is 0.0933. The van der Waals surface area contributed by atoms with Crippen molar-refractivity contribution in [2.45, 2.75) is 12.3 Å². The van der Waals surface area contributed by atoms with Crippen molar-refractivity contribution >= 4 is 5.91 Å². The molecule has 0 spiro atoms. The second kappa shape index (κ2) is 9.29. The van der Waals surface area contributed by atoms with E-state index in [9.17, 15) is 23.1 Å². The number of nitrogens with one attached hydrogen (secondary N) is 1. The molecule has 1 amide bonds. The first-order chi connectivity index (χ1) is 11.2. The van der Waals surface area contributed by atoms with E-state index in [1.807, 2.05) is 0 Å². The van der Waals surface area contributed by atoms with Gasteiger partial charge in [0.15, 0.2) is 0 Å². The van der Waals surface area contributed by atoms with Crippen molar-refractivity contribution in [3.8, 4) is 5.75 Å². The van der Waals surface area contributed by atoms with Gasteiger partial charge in [0.1, 0.15) is 18.5 Å². The van der Waals surface area contributed by atoms with Gasteiger partial charge in [0.2, 0.25) is 5.91 Å². The molecule has 0 aliphatic carbocycles. The van der Waals surface area contributed by atoms with Gasteiger partial charge in [-0.2, -0.15) is 13.2 Å². The van der Waals surface area contributed by atoms with E-state index in [1.165, 1.54) is 12.1 Å². The number of carbonyl (C=O) groups excluding carboxylic acids is 1. The lowest BCUT2D eigenvalue weighted by molar-refractivity contribution is -0.137. The Kier molecular flexibility index (Phi) is 7.73. The predicted octanol–water partition coefficient (Wildman–Crippen LogP) is 1.68. The molecular weight excluding hydrogens is 325 g/mol. The third-order valence-electron chi connectivity index (χ3n) is 3.00. The number of likely N-dealkylation sites (N-methyl/N-ethyl adjacent to an activating group) is 1. The second-order valence-corrected chi connectivity index (χ2v) is 5.28. The maximum absolute atomic E-state index is 12.4. The molecule has 0 bridgehead atoms. The molecule has 0 heterocycles. The Morgan fingerprint density at radius 1 is 1.42 bits per heavy atom. The van der Waals surface area contributed by atoms with Gasteiger partial charge in [-0.1, -0.05) is 6.08 Å². The quantitative estimate of drug-likeness (QED) is 0.668. The zero-order chi connectivity index (χ0) is 18.2. The molecule has 0 aliphatic heterocycles. The summed E-state index contributed by atoms with van der Waals surface area (Å²) in [6.45, 7) is 4.04. The molecule has 0 saturated carbocycles. The van der Waals surface area contributed by atoms with E-state index in [0.717, 1.165) is 12.1 Å². The first-order valence-electron chi connectivity index (χ1n) is 7.26.